The van der Waals surface area contributed by atoms with Gasteiger partial charge in [-0.1, -0.05) is 6.07 Å². The smallest absolute Gasteiger partial charge is 0.223 e. The molecule has 0 radical (unpaired) electrons. The summed E-state index contributed by atoms with van der Waals surface area (Å²) < 4.78 is 12.9. The van der Waals surface area contributed by atoms with Gasteiger partial charge in [-0.05, 0) is 17.5 Å². The zero-order valence-corrected chi connectivity index (χ0v) is 7.92. The molecule has 0 amide bonds. The van der Waals surface area contributed by atoms with Crippen molar-refractivity contribution in [3.63, 3.8) is 0 Å². The first-order chi connectivity index (χ1) is 6.81. The molecule has 2 heterocycles. The quantitative estimate of drug-likeness (QED) is 0.560. The van der Waals surface area contributed by atoms with E-state index in [4.69, 9.17) is 0 Å². The lowest BCUT2D eigenvalue weighted by molar-refractivity contribution is 0.111. The maximum absolute atomic E-state index is 12.9. The van der Waals surface area contributed by atoms with Gasteiger partial charge in [0.25, 0.3) is 0 Å². The Morgan fingerprint density at radius 2 is 2.36 bits per heavy atom. The number of thiophene rings is 1. The standard InChI is InChI=1S/C10H6FNOS/c11-10-8(6-13)4-7(5-12-10)9-2-1-3-14-9/h1-6H. The van der Waals surface area contributed by atoms with Gasteiger partial charge >= 0.3 is 0 Å². The SMILES string of the molecule is O=Cc1cc(-c2cccs2)cnc1F. The Kier molecular flexibility index (Phi) is 2.37. The first kappa shape index (κ1) is 9.02. The summed E-state index contributed by atoms with van der Waals surface area (Å²) in [6.45, 7) is 0. The monoisotopic (exact) mass is 207 g/mol. The Hall–Kier alpha value is -1.55. The van der Waals surface area contributed by atoms with E-state index in [1.807, 2.05) is 17.5 Å². The van der Waals surface area contributed by atoms with E-state index < -0.39 is 5.95 Å². The van der Waals surface area contributed by atoms with Crippen LogP contribution in [0.25, 0.3) is 10.4 Å². The topological polar surface area (TPSA) is 30.0 Å². The van der Waals surface area contributed by atoms with Gasteiger partial charge in [-0.2, -0.15) is 4.39 Å². The van der Waals surface area contributed by atoms with Crippen LogP contribution in [0.15, 0.2) is 29.8 Å². The number of hydrogen-bond acceptors (Lipinski definition) is 3. The molecule has 0 aliphatic heterocycles. The van der Waals surface area contributed by atoms with E-state index >= 15 is 0 Å². The highest BCUT2D eigenvalue weighted by molar-refractivity contribution is 7.13. The third kappa shape index (κ3) is 1.56. The second-order valence-corrected chi connectivity index (χ2v) is 3.65. The largest absolute Gasteiger partial charge is 0.298 e. The van der Waals surface area contributed by atoms with Crippen LogP contribution in [0.1, 0.15) is 10.4 Å². The van der Waals surface area contributed by atoms with E-state index in [1.54, 1.807) is 0 Å². The summed E-state index contributed by atoms with van der Waals surface area (Å²) in [4.78, 5) is 15.0. The van der Waals surface area contributed by atoms with Crippen molar-refractivity contribution in [3.05, 3.63) is 41.3 Å². The summed E-state index contributed by atoms with van der Waals surface area (Å²) in [5.41, 5.74) is 0.763. The molecule has 70 valence electrons. The van der Waals surface area contributed by atoms with Crippen LogP contribution < -0.4 is 0 Å². The van der Waals surface area contributed by atoms with Crippen LogP contribution in [0, 0.1) is 5.95 Å². The van der Waals surface area contributed by atoms with E-state index in [1.165, 1.54) is 23.6 Å². The predicted octanol–water partition coefficient (Wildman–Crippen LogP) is 2.76. The summed E-state index contributed by atoms with van der Waals surface area (Å²) in [6, 6.07) is 5.29. The highest BCUT2D eigenvalue weighted by atomic mass is 32.1. The van der Waals surface area contributed by atoms with Gasteiger partial charge in [-0.25, -0.2) is 4.98 Å². The number of carbonyl (C=O) groups excluding carboxylic acids is 1. The van der Waals surface area contributed by atoms with Gasteiger partial charge in [0.15, 0.2) is 6.29 Å². The number of hydrogen-bond donors (Lipinski definition) is 0. The molecule has 0 fully saturated rings. The Bertz CT molecular complexity index is 453. The molecule has 14 heavy (non-hydrogen) atoms. The van der Waals surface area contributed by atoms with Crippen LogP contribution in [-0.2, 0) is 0 Å². The zero-order valence-electron chi connectivity index (χ0n) is 7.11. The Balaban J connectivity index is 2.51. The fraction of sp³-hybridized carbons (Fsp3) is 0. The third-order valence-corrected chi connectivity index (χ3v) is 2.72. The molecule has 0 unspecified atom stereocenters. The fourth-order valence-electron chi connectivity index (χ4n) is 1.13. The second-order valence-electron chi connectivity index (χ2n) is 2.70. The van der Waals surface area contributed by atoms with Crippen molar-refractivity contribution < 1.29 is 9.18 Å². The molecule has 0 aromatic carbocycles. The van der Waals surface area contributed by atoms with Gasteiger partial charge in [0.1, 0.15) is 0 Å². The molecular weight excluding hydrogens is 201 g/mol. The van der Waals surface area contributed by atoms with Crippen LogP contribution in [0.4, 0.5) is 4.39 Å². The molecule has 2 nitrogen and oxygen atoms in total. The van der Waals surface area contributed by atoms with Crippen molar-refractivity contribution in [1.82, 2.24) is 4.98 Å². The van der Waals surface area contributed by atoms with Gasteiger partial charge in [-0.15, -0.1) is 11.3 Å². The summed E-state index contributed by atoms with van der Waals surface area (Å²) in [5, 5.41) is 1.92. The maximum atomic E-state index is 12.9. The highest BCUT2D eigenvalue weighted by Gasteiger charge is 2.05. The van der Waals surface area contributed by atoms with Crippen LogP contribution in [0.3, 0.4) is 0 Å². The number of nitrogens with zero attached hydrogens (tertiary/aromatic N) is 1. The summed E-state index contributed by atoms with van der Waals surface area (Å²) in [7, 11) is 0. The molecule has 0 N–H and O–H groups in total. The molecule has 0 atom stereocenters. The van der Waals surface area contributed by atoms with E-state index in [-0.39, 0.29) is 5.56 Å². The number of aromatic nitrogens is 1. The lowest BCUT2D eigenvalue weighted by atomic mass is 10.2. The van der Waals surface area contributed by atoms with Crippen molar-refractivity contribution >= 4 is 17.6 Å². The van der Waals surface area contributed by atoms with Gasteiger partial charge in [0.2, 0.25) is 5.95 Å². The minimum Gasteiger partial charge on any atom is -0.298 e. The van der Waals surface area contributed by atoms with E-state index in [0.29, 0.717) is 6.29 Å². The molecule has 0 saturated heterocycles. The van der Waals surface area contributed by atoms with Crippen LogP contribution >= 0.6 is 11.3 Å². The molecule has 2 rings (SSSR count). The molecule has 4 heteroatoms. The average molecular weight is 207 g/mol. The predicted molar refractivity (Wildman–Crippen MR) is 52.9 cm³/mol. The summed E-state index contributed by atoms with van der Waals surface area (Å²) >= 11 is 1.52. The normalized spacial score (nSPS) is 10.1. The summed E-state index contributed by atoms with van der Waals surface area (Å²) in [5.74, 6) is -0.722. The Labute approximate surface area is 84.0 Å². The van der Waals surface area contributed by atoms with Gasteiger partial charge in [0.05, 0.1) is 5.56 Å². The van der Waals surface area contributed by atoms with Crippen LogP contribution in [-0.4, -0.2) is 11.3 Å². The summed E-state index contributed by atoms with van der Waals surface area (Å²) in [6.07, 6.45) is 1.90. The van der Waals surface area contributed by atoms with Gasteiger partial charge in [0, 0.05) is 16.6 Å². The van der Waals surface area contributed by atoms with Crippen LogP contribution in [0.2, 0.25) is 0 Å². The van der Waals surface area contributed by atoms with E-state index in [9.17, 15) is 9.18 Å². The number of rotatable bonds is 2. The van der Waals surface area contributed by atoms with Crippen molar-refractivity contribution in [2.45, 2.75) is 0 Å². The minimum atomic E-state index is -0.722. The van der Waals surface area contributed by atoms with E-state index in [2.05, 4.69) is 4.98 Å². The molecule has 0 bridgehead atoms. The minimum absolute atomic E-state index is 0.00380. The molecule has 0 aliphatic rings. The van der Waals surface area contributed by atoms with Gasteiger partial charge < -0.3 is 0 Å². The zero-order chi connectivity index (χ0) is 9.97. The number of carbonyl (C=O) groups is 1. The third-order valence-electron chi connectivity index (χ3n) is 1.80. The Morgan fingerprint density at radius 3 is 3.00 bits per heavy atom. The van der Waals surface area contributed by atoms with Gasteiger partial charge in [-0.3, -0.25) is 4.79 Å². The Morgan fingerprint density at radius 1 is 1.50 bits per heavy atom. The van der Waals surface area contributed by atoms with Crippen LogP contribution in [0.5, 0.6) is 0 Å². The average Bonchev–Trinajstić information content (AvgIpc) is 2.71. The molecule has 0 spiro atoms. The lowest BCUT2D eigenvalue weighted by Gasteiger charge is -1.98. The maximum Gasteiger partial charge on any atom is 0.223 e. The molecule has 0 saturated carbocycles. The first-order valence-corrected chi connectivity index (χ1v) is 4.84. The highest BCUT2D eigenvalue weighted by Crippen LogP contribution is 2.24. The first-order valence-electron chi connectivity index (χ1n) is 3.96. The molecule has 2 aromatic rings. The molecule has 0 aliphatic carbocycles. The lowest BCUT2D eigenvalue weighted by Crippen LogP contribution is -1.92. The van der Waals surface area contributed by atoms with Crippen molar-refractivity contribution in [2.24, 2.45) is 0 Å². The van der Waals surface area contributed by atoms with Crippen molar-refractivity contribution in [2.75, 3.05) is 0 Å². The number of pyridine rings is 1. The van der Waals surface area contributed by atoms with E-state index in [0.717, 1.165) is 10.4 Å². The van der Waals surface area contributed by atoms with Crippen molar-refractivity contribution in [1.29, 1.82) is 0 Å². The molecule has 2 aromatic heterocycles. The second kappa shape index (κ2) is 3.67. The number of aldehydes is 1. The number of halogens is 1. The van der Waals surface area contributed by atoms with Crippen molar-refractivity contribution in [3.8, 4) is 10.4 Å². The molecular formula is C10H6FNOS. The fourth-order valence-corrected chi connectivity index (χ4v) is 1.83.